The van der Waals surface area contributed by atoms with Crippen LogP contribution in [0, 0.1) is 12.3 Å². The van der Waals surface area contributed by atoms with Crippen molar-refractivity contribution in [2.75, 3.05) is 11.9 Å². The fraction of sp³-hybridized carbons (Fsp3) is 0.350. The number of aryl methyl sites for hydroxylation is 1. The SMILES string of the molecule is CCC(CC)(CNC(=O)c1ccc(C)c(NC(=O)c2ccco2)c1)C(=O)O. The first-order valence-corrected chi connectivity index (χ1v) is 8.80. The van der Waals surface area contributed by atoms with Crippen LogP contribution < -0.4 is 10.6 Å². The summed E-state index contributed by atoms with van der Waals surface area (Å²) in [5, 5.41) is 14.9. The van der Waals surface area contributed by atoms with Gasteiger partial charge in [-0.25, -0.2) is 0 Å². The maximum Gasteiger partial charge on any atom is 0.311 e. The number of nitrogens with one attached hydrogen (secondary N) is 2. The molecule has 0 aliphatic heterocycles. The largest absolute Gasteiger partial charge is 0.481 e. The van der Waals surface area contributed by atoms with E-state index in [4.69, 9.17) is 4.42 Å². The number of amides is 2. The van der Waals surface area contributed by atoms with Crippen LogP contribution in [0.1, 0.15) is 53.2 Å². The summed E-state index contributed by atoms with van der Waals surface area (Å²) in [6.07, 6.45) is 2.23. The van der Waals surface area contributed by atoms with Crippen LogP contribution in [0.4, 0.5) is 5.69 Å². The van der Waals surface area contributed by atoms with Crippen LogP contribution in [-0.4, -0.2) is 29.4 Å². The van der Waals surface area contributed by atoms with E-state index in [1.54, 1.807) is 44.2 Å². The van der Waals surface area contributed by atoms with Gasteiger partial charge in [-0.2, -0.15) is 0 Å². The highest BCUT2D eigenvalue weighted by Crippen LogP contribution is 2.26. The number of hydrogen-bond donors (Lipinski definition) is 3. The molecule has 144 valence electrons. The zero-order chi connectivity index (χ0) is 20.0. The van der Waals surface area contributed by atoms with Gasteiger partial charge < -0.3 is 20.2 Å². The minimum atomic E-state index is -0.989. The maximum absolute atomic E-state index is 12.5. The van der Waals surface area contributed by atoms with Gasteiger partial charge in [-0.3, -0.25) is 14.4 Å². The van der Waals surface area contributed by atoms with Crippen LogP contribution in [0.3, 0.4) is 0 Å². The number of anilines is 1. The first kappa shape index (κ1) is 20.2. The lowest BCUT2D eigenvalue weighted by Crippen LogP contribution is -2.42. The smallest absolute Gasteiger partial charge is 0.311 e. The summed E-state index contributed by atoms with van der Waals surface area (Å²) < 4.78 is 5.06. The minimum absolute atomic E-state index is 0.0378. The summed E-state index contributed by atoms with van der Waals surface area (Å²) in [4.78, 5) is 36.2. The van der Waals surface area contributed by atoms with E-state index in [-0.39, 0.29) is 12.3 Å². The van der Waals surface area contributed by atoms with Gasteiger partial charge in [-0.15, -0.1) is 0 Å². The second-order valence-corrected chi connectivity index (χ2v) is 6.44. The summed E-state index contributed by atoms with van der Waals surface area (Å²) in [5.41, 5.74) is 0.617. The molecule has 2 rings (SSSR count). The van der Waals surface area contributed by atoms with Crippen molar-refractivity contribution in [3.63, 3.8) is 0 Å². The number of rotatable bonds is 8. The lowest BCUT2D eigenvalue weighted by molar-refractivity contribution is -0.149. The summed E-state index contributed by atoms with van der Waals surface area (Å²) in [6, 6.07) is 8.07. The molecular formula is C20H24N2O5. The first-order valence-electron chi connectivity index (χ1n) is 8.80. The van der Waals surface area contributed by atoms with Gasteiger partial charge in [0.2, 0.25) is 0 Å². The molecule has 1 aromatic heterocycles. The molecule has 0 aliphatic rings. The molecule has 0 fully saturated rings. The summed E-state index contributed by atoms with van der Waals surface area (Å²) in [7, 11) is 0. The Morgan fingerprint density at radius 1 is 1.11 bits per heavy atom. The Bertz CT molecular complexity index is 823. The van der Waals surface area contributed by atoms with Crippen molar-refractivity contribution >= 4 is 23.5 Å². The monoisotopic (exact) mass is 372 g/mol. The molecule has 7 nitrogen and oxygen atoms in total. The Balaban J connectivity index is 2.13. The first-order chi connectivity index (χ1) is 12.8. The van der Waals surface area contributed by atoms with Crippen LogP contribution in [0.25, 0.3) is 0 Å². The Kier molecular flexibility index (Phi) is 6.39. The molecule has 7 heteroatoms. The fourth-order valence-corrected chi connectivity index (χ4v) is 2.72. The summed E-state index contributed by atoms with van der Waals surface area (Å²) in [6.45, 7) is 5.43. The highest BCUT2D eigenvalue weighted by atomic mass is 16.4. The summed E-state index contributed by atoms with van der Waals surface area (Å²) in [5.74, 6) is -1.57. The number of aliphatic carboxylic acids is 1. The van der Waals surface area contributed by atoms with E-state index in [9.17, 15) is 19.5 Å². The van der Waals surface area contributed by atoms with Gasteiger partial charge in [0.15, 0.2) is 5.76 Å². The number of carboxylic acids is 1. The molecule has 3 N–H and O–H groups in total. The van der Waals surface area contributed by atoms with E-state index in [0.717, 1.165) is 5.56 Å². The molecule has 27 heavy (non-hydrogen) atoms. The molecule has 0 radical (unpaired) electrons. The highest BCUT2D eigenvalue weighted by molar-refractivity contribution is 6.04. The number of carbonyl (C=O) groups is 3. The van der Waals surface area contributed by atoms with Crippen molar-refractivity contribution in [3.05, 3.63) is 53.5 Å². The lowest BCUT2D eigenvalue weighted by Gasteiger charge is -2.26. The van der Waals surface area contributed by atoms with Gasteiger partial charge in [0.25, 0.3) is 11.8 Å². The molecule has 0 aliphatic carbocycles. The molecule has 2 aromatic rings. The van der Waals surface area contributed by atoms with E-state index in [1.807, 2.05) is 6.92 Å². The van der Waals surface area contributed by atoms with E-state index in [0.29, 0.717) is 24.1 Å². The molecule has 2 amide bonds. The second kappa shape index (κ2) is 8.53. The standard InChI is InChI=1S/C20H24N2O5/c1-4-20(5-2,19(25)26)12-21-17(23)14-9-8-13(3)15(11-14)22-18(24)16-7-6-10-27-16/h6-11H,4-5,12H2,1-3H3,(H,21,23)(H,22,24)(H,25,26). The van der Waals surface area contributed by atoms with Gasteiger partial charge in [0.1, 0.15) is 0 Å². The lowest BCUT2D eigenvalue weighted by atomic mass is 9.82. The average Bonchev–Trinajstić information content (AvgIpc) is 3.19. The Labute approximate surface area is 157 Å². The topological polar surface area (TPSA) is 109 Å². The van der Waals surface area contributed by atoms with E-state index >= 15 is 0 Å². The molecule has 0 saturated carbocycles. The van der Waals surface area contributed by atoms with Crippen molar-refractivity contribution in [1.29, 1.82) is 0 Å². The number of benzene rings is 1. The molecule has 0 saturated heterocycles. The quantitative estimate of drug-likeness (QED) is 0.657. The van der Waals surface area contributed by atoms with Gasteiger partial charge in [-0.1, -0.05) is 19.9 Å². The molecule has 1 heterocycles. The highest BCUT2D eigenvalue weighted by Gasteiger charge is 2.35. The van der Waals surface area contributed by atoms with Crippen molar-refractivity contribution in [2.45, 2.75) is 33.6 Å². The van der Waals surface area contributed by atoms with Gasteiger partial charge in [0, 0.05) is 17.8 Å². The zero-order valence-electron chi connectivity index (χ0n) is 15.7. The van der Waals surface area contributed by atoms with Crippen LogP contribution in [0.5, 0.6) is 0 Å². The van der Waals surface area contributed by atoms with Crippen molar-refractivity contribution in [1.82, 2.24) is 5.32 Å². The normalized spacial score (nSPS) is 11.1. The number of furan rings is 1. The van der Waals surface area contributed by atoms with Crippen LogP contribution in [0.15, 0.2) is 41.0 Å². The Morgan fingerprint density at radius 3 is 2.37 bits per heavy atom. The predicted molar refractivity (Wildman–Crippen MR) is 101 cm³/mol. The molecule has 0 unspecified atom stereocenters. The molecular weight excluding hydrogens is 348 g/mol. The third-order valence-corrected chi connectivity index (χ3v) is 4.89. The van der Waals surface area contributed by atoms with Crippen molar-refractivity contribution < 1.29 is 23.9 Å². The Morgan fingerprint density at radius 2 is 1.81 bits per heavy atom. The minimum Gasteiger partial charge on any atom is -0.481 e. The number of carbonyl (C=O) groups excluding carboxylic acids is 2. The third kappa shape index (κ3) is 4.55. The third-order valence-electron chi connectivity index (χ3n) is 4.89. The number of carboxylic acid groups (broad SMARTS) is 1. The van der Waals surface area contributed by atoms with E-state index < -0.39 is 23.2 Å². The van der Waals surface area contributed by atoms with Gasteiger partial charge >= 0.3 is 5.97 Å². The zero-order valence-corrected chi connectivity index (χ0v) is 15.7. The fourth-order valence-electron chi connectivity index (χ4n) is 2.72. The van der Waals surface area contributed by atoms with Gasteiger partial charge in [0.05, 0.1) is 11.7 Å². The summed E-state index contributed by atoms with van der Waals surface area (Å²) >= 11 is 0. The van der Waals surface area contributed by atoms with Crippen molar-refractivity contribution in [2.24, 2.45) is 5.41 Å². The van der Waals surface area contributed by atoms with Gasteiger partial charge in [-0.05, 0) is 49.6 Å². The van der Waals surface area contributed by atoms with E-state index in [2.05, 4.69) is 10.6 Å². The van der Waals surface area contributed by atoms with Crippen LogP contribution >= 0.6 is 0 Å². The van der Waals surface area contributed by atoms with Crippen molar-refractivity contribution in [3.8, 4) is 0 Å². The molecule has 0 spiro atoms. The molecule has 0 atom stereocenters. The van der Waals surface area contributed by atoms with Crippen LogP contribution in [0.2, 0.25) is 0 Å². The second-order valence-electron chi connectivity index (χ2n) is 6.44. The average molecular weight is 372 g/mol. The number of hydrogen-bond acceptors (Lipinski definition) is 4. The predicted octanol–water partition coefficient (Wildman–Crippen LogP) is 3.46. The Hall–Kier alpha value is -3.09. The van der Waals surface area contributed by atoms with Crippen LogP contribution in [-0.2, 0) is 4.79 Å². The molecule has 0 bridgehead atoms. The molecule has 1 aromatic carbocycles. The van der Waals surface area contributed by atoms with E-state index in [1.165, 1.54) is 6.26 Å². The maximum atomic E-state index is 12.5.